The number of aliphatic hydroxyl groups excluding tert-OH is 3. The summed E-state index contributed by atoms with van der Waals surface area (Å²) in [7, 11) is 0. The van der Waals surface area contributed by atoms with Crippen LogP contribution < -0.4 is 0 Å². The molecule has 0 saturated carbocycles. The van der Waals surface area contributed by atoms with Gasteiger partial charge in [0.05, 0.1) is 33.9 Å². The molecule has 12 nitrogen and oxygen atoms in total. The van der Waals surface area contributed by atoms with E-state index < -0.39 is 0 Å². The maximum absolute atomic E-state index is 12.5. The Bertz CT molecular complexity index is 1490. The van der Waals surface area contributed by atoms with Crippen molar-refractivity contribution in [2.75, 3.05) is 37.1 Å². The highest BCUT2D eigenvalue weighted by atomic mass is 32.2. The van der Waals surface area contributed by atoms with Crippen LogP contribution in [-0.2, 0) is 28.9 Å². The first-order valence-electron chi connectivity index (χ1n) is 24.9. The predicted octanol–water partition coefficient (Wildman–Crippen LogP) is 13.5. The van der Waals surface area contributed by atoms with Crippen molar-refractivity contribution in [3.63, 3.8) is 0 Å². The number of Topliss-reactive ketones (excluding diaryl/α,β-unsaturated/α-hetero) is 3. The number of oxime groups is 3. The Morgan fingerprint density at radius 3 is 0.894 bits per heavy atom. The SMILES string of the molecule is CCC/C(=N\OCC)C1=C(O)CC(CC(C)SCC)CC1=O.CCC/C(=N\OCC)C1=C(O)CC(CC(C)SCC)CC1=O.CCC/C(=N\OCC)C1=C(O)CC(CC(C)SCC)CC1=O. The van der Waals surface area contributed by atoms with E-state index in [1.807, 2.05) is 76.8 Å². The molecular weight excluding hydrogens is 895 g/mol. The van der Waals surface area contributed by atoms with Gasteiger partial charge in [-0.3, -0.25) is 14.4 Å². The number of hydrogen-bond donors (Lipinski definition) is 3. The summed E-state index contributed by atoms with van der Waals surface area (Å²) in [6.45, 7) is 26.0. The van der Waals surface area contributed by atoms with Crippen molar-refractivity contribution in [1.82, 2.24) is 0 Å². The Balaban J connectivity index is 0.000000495. The van der Waals surface area contributed by atoms with Crippen molar-refractivity contribution in [3.05, 3.63) is 34.0 Å². The summed E-state index contributed by atoms with van der Waals surface area (Å²) in [6.07, 6.45) is 10.7. The van der Waals surface area contributed by atoms with Crippen LogP contribution in [0.5, 0.6) is 0 Å². The van der Waals surface area contributed by atoms with Crippen molar-refractivity contribution in [2.24, 2.45) is 33.2 Å². The largest absolute Gasteiger partial charge is 0.511 e. The molecule has 0 fully saturated rings. The molecule has 0 radical (unpaired) electrons. The molecule has 3 rings (SSSR count). The van der Waals surface area contributed by atoms with Gasteiger partial charge in [0.25, 0.3) is 0 Å². The zero-order valence-corrected chi connectivity index (χ0v) is 45.1. The van der Waals surface area contributed by atoms with Gasteiger partial charge < -0.3 is 29.8 Å². The molecule has 0 spiro atoms. The molecule has 0 aromatic rings. The lowest BCUT2D eigenvalue weighted by Crippen LogP contribution is -2.26. The van der Waals surface area contributed by atoms with E-state index in [1.165, 1.54) is 0 Å². The van der Waals surface area contributed by atoms with Gasteiger partial charge in [0.15, 0.2) is 17.3 Å². The number of hydrogen-bond acceptors (Lipinski definition) is 15. The summed E-state index contributed by atoms with van der Waals surface area (Å²) < 4.78 is 0. The van der Waals surface area contributed by atoms with E-state index in [4.69, 9.17) is 14.5 Å². The summed E-state index contributed by atoms with van der Waals surface area (Å²) in [5.74, 6) is 4.56. The fourth-order valence-corrected chi connectivity index (χ4v) is 11.6. The van der Waals surface area contributed by atoms with Crippen molar-refractivity contribution < 1.29 is 44.2 Å². The Morgan fingerprint density at radius 1 is 0.470 bits per heavy atom. The minimum absolute atomic E-state index is 0.00866. The highest BCUT2D eigenvalue weighted by Crippen LogP contribution is 2.35. The zero-order valence-electron chi connectivity index (χ0n) is 42.7. The highest BCUT2D eigenvalue weighted by molar-refractivity contribution is 8.00. The summed E-state index contributed by atoms with van der Waals surface area (Å²) in [5.41, 5.74) is 3.01. The molecule has 0 heterocycles. The topological polar surface area (TPSA) is 177 Å². The summed E-state index contributed by atoms with van der Waals surface area (Å²) >= 11 is 5.70. The fraction of sp³-hybridized carbons (Fsp3) is 0.765. The molecule has 0 bridgehead atoms. The van der Waals surface area contributed by atoms with Crippen LogP contribution in [-0.4, -0.2) is 103 Å². The highest BCUT2D eigenvalue weighted by Gasteiger charge is 2.34. The molecule has 3 aliphatic carbocycles. The third-order valence-corrected chi connectivity index (χ3v) is 14.4. The number of aliphatic hydroxyl groups is 3. The minimum atomic E-state index is 0.00866. The molecule has 3 aliphatic rings. The van der Waals surface area contributed by atoms with Gasteiger partial charge >= 0.3 is 0 Å². The molecule has 0 aliphatic heterocycles. The normalized spacial score (nSPS) is 21.2. The van der Waals surface area contributed by atoms with Gasteiger partial charge in [0.2, 0.25) is 0 Å². The van der Waals surface area contributed by atoms with E-state index in [2.05, 4.69) is 57.0 Å². The maximum atomic E-state index is 12.5. The first-order chi connectivity index (χ1) is 31.6. The molecule has 6 atom stereocenters. The molecule has 66 heavy (non-hydrogen) atoms. The third kappa shape index (κ3) is 22.5. The van der Waals surface area contributed by atoms with Crippen LogP contribution in [0, 0.1) is 17.8 Å². The number of ketones is 3. The molecule has 0 aromatic carbocycles. The first-order valence-corrected chi connectivity index (χ1v) is 28.0. The molecule has 0 saturated heterocycles. The lowest BCUT2D eigenvalue weighted by molar-refractivity contribution is -0.117. The Morgan fingerprint density at radius 2 is 0.712 bits per heavy atom. The van der Waals surface area contributed by atoms with Crippen molar-refractivity contribution in [2.45, 2.75) is 195 Å². The Kier molecular flexibility index (Phi) is 32.6. The number of nitrogens with zero attached hydrogens (tertiary/aromatic N) is 3. The fourth-order valence-electron chi connectivity index (χ4n) is 8.65. The van der Waals surface area contributed by atoms with E-state index in [1.54, 1.807) is 0 Å². The van der Waals surface area contributed by atoms with E-state index in [9.17, 15) is 29.7 Å². The van der Waals surface area contributed by atoms with Crippen LogP contribution in [0.2, 0.25) is 0 Å². The van der Waals surface area contributed by atoms with E-state index in [0.717, 1.165) is 55.8 Å². The van der Waals surface area contributed by atoms with Gasteiger partial charge in [0.1, 0.15) is 37.1 Å². The number of thioether (sulfide) groups is 3. The molecule has 3 N–H and O–H groups in total. The van der Waals surface area contributed by atoms with Crippen LogP contribution in [0.1, 0.15) is 179 Å². The van der Waals surface area contributed by atoms with Crippen LogP contribution in [0.25, 0.3) is 0 Å². The summed E-state index contributed by atoms with van der Waals surface area (Å²) in [4.78, 5) is 52.7. The standard InChI is InChI=1S/3C17H29NO3S/c3*1-5-8-14(18-21-6-2)17-15(19)10-13(11-16(17)20)9-12(4)22-7-3/h3*12-13,19H,5-11H2,1-4H3/b3*18-14+. The van der Waals surface area contributed by atoms with Gasteiger partial charge in [0, 0.05) is 54.3 Å². The summed E-state index contributed by atoms with van der Waals surface area (Å²) in [5, 5.41) is 44.8. The Labute approximate surface area is 411 Å². The molecule has 0 amide bonds. The molecule has 0 aromatic heterocycles. The average molecular weight is 982 g/mol. The van der Waals surface area contributed by atoms with Crippen molar-refractivity contribution in [1.29, 1.82) is 0 Å². The summed E-state index contributed by atoms with van der Waals surface area (Å²) in [6, 6.07) is 0. The Hall–Kier alpha value is -2.91. The second-order valence-corrected chi connectivity index (χ2v) is 22.3. The monoisotopic (exact) mass is 982 g/mol. The van der Waals surface area contributed by atoms with Gasteiger partial charge in [-0.1, -0.05) is 97.0 Å². The molecule has 6 unspecified atom stereocenters. The second-order valence-electron chi connectivity index (χ2n) is 17.2. The van der Waals surface area contributed by atoms with Gasteiger partial charge in [-0.05, 0) is 94.3 Å². The van der Waals surface area contributed by atoms with E-state index >= 15 is 0 Å². The first kappa shape index (κ1) is 61.1. The quantitative estimate of drug-likeness (QED) is 0.0525. The zero-order chi connectivity index (χ0) is 49.6. The molecule has 15 heteroatoms. The number of allylic oxidation sites excluding steroid dienone is 6. The third-order valence-electron chi connectivity index (χ3n) is 11.2. The van der Waals surface area contributed by atoms with Crippen molar-refractivity contribution >= 4 is 69.8 Å². The minimum Gasteiger partial charge on any atom is -0.511 e. The second kappa shape index (κ2) is 35.2. The number of carbonyl (C=O) groups is 3. The van der Waals surface area contributed by atoms with Crippen LogP contribution in [0.15, 0.2) is 49.5 Å². The number of rotatable bonds is 27. The lowest BCUT2D eigenvalue weighted by Gasteiger charge is -2.25. The van der Waals surface area contributed by atoms with Crippen LogP contribution in [0.4, 0.5) is 0 Å². The lowest BCUT2D eigenvalue weighted by atomic mass is 9.82. The van der Waals surface area contributed by atoms with Gasteiger partial charge in [-0.15, -0.1) is 0 Å². The molecule has 378 valence electrons. The smallest absolute Gasteiger partial charge is 0.168 e. The van der Waals surface area contributed by atoms with Crippen molar-refractivity contribution in [3.8, 4) is 0 Å². The molecular formula is C51H87N3O9S3. The van der Waals surface area contributed by atoms with Crippen LogP contribution >= 0.6 is 35.3 Å². The average Bonchev–Trinajstić information content (AvgIpc) is 3.23. The van der Waals surface area contributed by atoms with E-state index in [-0.39, 0.29) is 52.4 Å². The number of carbonyl (C=O) groups excluding carboxylic acids is 3. The predicted molar refractivity (Wildman–Crippen MR) is 281 cm³/mol. The van der Waals surface area contributed by atoms with Crippen LogP contribution in [0.3, 0.4) is 0 Å². The van der Waals surface area contributed by atoms with E-state index in [0.29, 0.717) is 127 Å². The maximum Gasteiger partial charge on any atom is 0.168 e. The van der Waals surface area contributed by atoms with Gasteiger partial charge in [-0.25, -0.2) is 0 Å². The van der Waals surface area contributed by atoms with Gasteiger partial charge in [-0.2, -0.15) is 35.3 Å².